The van der Waals surface area contributed by atoms with Gasteiger partial charge in [0.1, 0.15) is 5.82 Å². The van der Waals surface area contributed by atoms with Crippen molar-refractivity contribution < 1.29 is 5.11 Å². The number of aliphatic hydroxyl groups is 1. The van der Waals surface area contributed by atoms with Gasteiger partial charge in [-0.1, -0.05) is 20.3 Å². The van der Waals surface area contributed by atoms with Crippen LogP contribution in [-0.2, 0) is 7.05 Å². The molecule has 0 amide bonds. The standard InChI is InChI=1S/C10H19N3O/c1-4-7(2)5-9(14)8-6-12-13(3)10(8)11/h6-7,9,14H,4-5,11H2,1-3H3. The summed E-state index contributed by atoms with van der Waals surface area (Å²) in [6.45, 7) is 4.24. The summed E-state index contributed by atoms with van der Waals surface area (Å²) in [6, 6.07) is 0. The fourth-order valence-electron chi connectivity index (χ4n) is 1.40. The summed E-state index contributed by atoms with van der Waals surface area (Å²) in [4.78, 5) is 0. The van der Waals surface area contributed by atoms with Crippen molar-refractivity contribution in [2.45, 2.75) is 32.8 Å². The number of aliphatic hydroxyl groups excluding tert-OH is 1. The molecule has 0 aromatic carbocycles. The molecular weight excluding hydrogens is 178 g/mol. The number of anilines is 1. The van der Waals surface area contributed by atoms with E-state index in [0.29, 0.717) is 11.7 Å². The van der Waals surface area contributed by atoms with Crippen LogP contribution in [-0.4, -0.2) is 14.9 Å². The molecule has 0 radical (unpaired) electrons. The number of hydrogen-bond donors (Lipinski definition) is 2. The summed E-state index contributed by atoms with van der Waals surface area (Å²) in [5, 5.41) is 13.9. The van der Waals surface area contributed by atoms with Gasteiger partial charge < -0.3 is 10.8 Å². The minimum atomic E-state index is -0.487. The SMILES string of the molecule is CCC(C)CC(O)c1cnn(C)c1N. The summed E-state index contributed by atoms with van der Waals surface area (Å²) in [6.07, 6.45) is 2.96. The Bertz CT molecular complexity index is 296. The quantitative estimate of drug-likeness (QED) is 0.768. The van der Waals surface area contributed by atoms with Crippen LogP contribution in [0, 0.1) is 5.92 Å². The molecule has 0 bridgehead atoms. The van der Waals surface area contributed by atoms with Crippen molar-refractivity contribution in [2.75, 3.05) is 5.73 Å². The lowest BCUT2D eigenvalue weighted by molar-refractivity contribution is 0.147. The van der Waals surface area contributed by atoms with Gasteiger partial charge in [-0.05, 0) is 12.3 Å². The predicted octanol–water partition coefficient (Wildman–Crippen LogP) is 1.47. The molecule has 0 spiro atoms. The van der Waals surface area contributed by atoms with E-state index in [9.17, 15) is 5.11 Å². The number of nitrogens with zero attached hydrogens (tertiary/aromatic N) is 2. The molecular formula is C10H19N3O. The maximum atomic E-state index is 9.88. The molecule has 0 aliphatic rings. The van der Waals surface area contributed by atoms with Crippen LogP contribution in [0.5, 0.6) is 0 Å². The third-order valence-corrected chi connectivity index (χ3v) is 2.70. The van der Waals surface area contributed by atoms with Gasteiger partial charge in [-0.25, -0.2) is 0 Å². The highest BCUT2D eigenvalue weighted by atomic mass is 16.3. The van der Waals surface area contributed by atoms with Gasteiger partial charge in [0, 0.05) is 12.6 Å². The lowest BCUT2D eigenvalue weighted by Crippen LogP contribution is -2.06. The molecule has 0 aliphatic carbocycles. The van der Waals surface area contributed by atoms with Gasteiger partial charge in [0.25, 0.3) is 0 Å². The first-order chi connectivity index (χ1) is 6.56. The molecule has 2 atom stereocenters. The van der Waals surface area contributed by atoms with Crippen LogP contribution in [0.2, 0.25) is 0 Å². The molecule has 2 unspecified atom stereocenters. The van der Waals surface area contributed by atoms with Crippen LogP contribution >= 0.6 is 0 Å². The van der Waals surface area contributed by atoms with Gasteiger partial charge in [0.05, 0.1) is 12.3 Å². The highest BCUT2D eigenvalue weighted by Gasteiger charge is 2.16. The second kappa shape index (κ2) is 4.46. The second-order valence-electron chi connectivity index (χ2n) is 3.87. The first kappa shape index (κ1) is 11.0. The Morgan fingerprint density at radius 3 is 2.71 bits per heavy atom. The third kappa shape index (κ3) is 2.26. The Morgan fingerprint density at radius 1 is 1.64 bits per heavy atom. The molecule has 1 heterocycles. The van der Waals surface area contributed by atoms with Crippen molar-refractivity contribution in [3.05, 3.63) is 11.8 Å². The third-order valence-electron chi connectivity index (χ3n) is 2.70. The van der Waals surface area contributed by atoms with E-state index in [1.54, 1.807) is 17.9 Å². The number of hydrogen-bond acceptors (Lipinski definition) is 3. The van der Waals surface area contributed by atoms with Gasteiger partial charge in [0.2, 0.25) is 0 Å². The number of rotatable bonds is 4. The van der Waals surface area contributed by atoms with Crippen LogP contribution in [0.3, 0.4) is 0 Å². The summed E-state index contributed by atoms with van der Waals surface area (Å²) >= 11 is 0. The van der Waals surface area contributed by atoms with Crippen molar-refractivity contribution in [1.82, 2.24) is 9.78 Å². The van der Waals surface area contributed by atoms with Crippen LogP contribution in [0.15, 0.2) is 6.20 Å². The molecule has 14 heavy (non-hydrogen) atoms. The van der Waals surface area contributed by atoms with Crippen molar-refractivity contribution in [3.8, 4) is 0 Å². The average Bonchev–Trinajstić information content (AvgIpc) is 2.47. The Hall–Kier alpha value is -1.03. The Kier molecular flexibility index (Phi) is 3.52. The smallest absolute Gasteiger partial charge is 0.127 e. The molecule has 0 aliphatic heterocycles. The molecule has 1 rings (SSSR count). The fraction of sp³-hybridized carbons (Fsp3) is 0.700. The lowest BCUT2D eigenvalue weighted by Gasteiger charge is -2.14. The van der Waals surface area contributed by atoms with Crippen LogP contribution in [0.25, 0.3) is 0 Å². The van der Waals surface area contributed by atoms with Crippen molar-refractivity contribution >= 4 is 5.82 Å². The lowest BCUT2D eigenvalue weighted by atomic mass is 9.98. The maximum Gasteiger partial charge on any atom is 0.127 e. The Labute approximate surface area is 84.7 Å². The summed E-state index contributed by atoms with van der Waals surface area (Å²) in [7, 11) is 1.77. The molecule has 0 fully saturated rings. The summed E-state index contributed by atoms with van der Waals surface area (Å²) < 4.78 is 1.58. The first-order valence-corrected chi connectivity index (χ1v) is 5.01. The largest absolute Gasteiger partial charge is 0.388 e. The molecule has 3 N–H and O–H groups in total. The van der Waals surface area contributed by atoms with Gasteiger partial charge in [0.15, 0.2) is 0 Å². The van der Waals surface area contributed by atoms with E-state index in [2.05, 4.69) is 18.9 Å². The fourth-order valence-corrected chi connectivity index (χ4v) is 1.40. The van der Waals surface area contributed by atoms with E-state index in [1.165, 1.54) is 0 Å². The summed E-state index contributed by atoms with van der Waals surface area (Å²) in [5.41, 5.74) is 6.50. The number of aryl methyl sites for hydroxylation is 1. The van der Waals surface area contributed by atoms with Gasteiger partial charge >= 0.3 is 0 Å². The topological polar surface area (TPSA) is 64.1 Å². The molecule has 4 heteroatoms. The van der Waals surface area contributed by atoms with Gasteiger partial charge in [-0.3, -0.25) is 4.68 Å². The van der Waals surface area contributed by atoms with E-state index in [0.717, 1.165) is 18.4 Å². The Morgan fingerprint density at radius 2 is 2.29 bits per heavy atom. The number of nitrogen functional groups attached to an aromatic ring is 1. The molecule has 0 saturated heterocycles. The zero-order chi connectivity index (χ0) is 10.7. The normalized spacial score (nSPS) is 15.4. The number of nitrogens with two attached hydrogens (primary N) is 1. The van der Waals surface area contributed by atoms with Gasteiger partial charge in [-0.15, -0.1) is 0 Å². The monoisotopic (exact) mass is 197 g/mol. The van der Waals surface area contributed by atoms with E-state index < -0.39 is 6.10 Å². The molecule has 1 aromatic rings. The molecule has 80 valence electrons. The number of aromatic nitrogens is 2. The van der Waals surface area contributed by atoms with Crippen molar-refractivity contribution in [3.63, 3.8) is 0 Å². The second-order valence-corrected chi connectivity index (χ2v) is 3.87. The van der Waals surface area contributed by atoms with E-state index >= 15 is 0 Å². The van der Waals surface area contributed by atoms with E-state index in [-0.39, 0.29) is 0 Å². The van der Waals surface area contributed by atoms with E-state index in [4.69, 9.17) is 5.73 Å². The minimum Gasteiger partial charge on any atom is -0.388 e. The first-order valence-electron chi connectivity index (χ1n) is 5.01. The average molecular weight is 197 g/mol. The molecule has 1 aromatic heterocycles. The highest BCUT2D eigenvalue weighted by Crippen LogP contribution is 2.26. The van der Waals surface area contributed by atoms with Crippen LogP contribution < -0.4 is 5.73 Å². The molecule has 4 nitrogen and oxygen atoms in total. The zero-order valence-corrected chi connectivity index (χ0v) is 9.07. The minimum absolute atomic E-state index is 0.487. The van der Waals surface area contributed by atoms with Crippen LogP contribution in [0.1, 0.15) is 38.4 Å². The van der Waals surface area contributed by atoms with E-state index in [1.807, 2.05) is 0 Å². The maximum absolute atomic E-state index is 9.88. The van der Waals surface area contributed by atoms with Gasteiger partial charge in [-0.2, -0.15) is 5.10 Å². The van der Waals surface area contributed by atoms with Crippen molar-refractivity contribution in [2.24, 2.45) is 13.0 Å². The predicted molar refractivity (Wildman–Crippen MR) is 56.7 cm³/mol. The van der Waals surface area contributed by atoms with Crippen molar-refractivity contribution in [1.29, 1.82) is 0 Å². The highest BCUT2D eigenvalue weighted by molar-refractivity contribution is 5.39. The molecule has 0 saturated carbocycles. The van der Waals surface area contributed by atoms with Crippen LogP contribution in [0.4, 0.5) is 5.82 Å². The zero-order valence-electron chi connectivity index (χ0n) is 9.07. The summed E-state index contributed by atoms with van der Waals surface area (Å²) in [5.74, 6) is 1.06. The Balaban J connectivity index is 2.69.